The maximum absolute atomic E-state index is 13.1. The van der Waals surface area contributed by atoms with Crippen molar-refractivity contribution in [1.29, 1.82) is 0 Å². The van der Waals surface area contributed by atoms with Crippen LogP contribution >= 0.6 is 0 Å². The highest BCUT2D eigenvalue weighted by atomic mass is 16.5. The van der Waals surface area contributed by atoms with Crippen LogP contribution < -0.4 is 4.90 Å². The van der Waals surface area contributed by atoms with Gasteiger partial charge in [0.2, 0.25) is 0 Å². The van der Waals surface area contributed by atoms with Gasteiger partial charge in [-0.1, -0.05) is 18.2 Å². The summed E-state index contributed by atoms with van der Waals surface area (Å²) < 4.78 is 6.59. The molecule has 1 aromatic heterocycles. The molecule has 2 amide bonds. The molecule has 0 saturated heterocycles. The Morgan fingerprint density at radius 2 is 1.68 bits per heavy atom. The second-order valence-electron chi connectivity index (χ2n) is 5.81. The van der Waals surface area contributed by atoms with Crippen molar-refractivity contribution in [2.75, 3.05) is 12.0 Å². The largest absolute Gasteiger partial charge is 0.465 e. The quantitative estimate of drug-likeness (QED) is 0.534. The van der Waals surface area contributed by atoms with Crippen molar-refractivity contribution < 1.29 is 19.1 Å². The Kier molecular flexibility index (Phi) is 3.21. The van der Waals surface area contributed by atoms with Gasteiger partial charge in [0, 0.05) is 18.6 Å². The van der Waals surface area contributed by atoms with Crippen molar-refractivity contribution in [3.05, 3.63) is 65.4 Å². The van der Waals surface area contributed by atoms with Crippen LogP contribution in [0.25, 0.3) is 10.9 Å². The molecule has 0 atom stereocenters. The molecule has 1 aliphatic heterocycles. The van der Waals surface area contributed by atoms with E-state index in [1.807, 2.05) is 0 Å². The number of hydrogen-bond acceptors (Lipinski definition) is 4. The fourth-order valence-electron chi connectivity index (χ4n) is 3.30. The molecular weight excluding hydrogens is 320 g/mol. The summed E-state index contributed by atoms with van der Waals surface area (Å²) in [6, 6.07) is 12.1. The number of anilines is 1. The summed E-state index contributed by atoms with van der Waals surface area (Å²) in [5.74, 6) is -1.60. The lowest BCUT2D eigenvalue weighted by molar-refractivity contribution is 0.0597. The summed E-state index contributed by atoms with van der Waals surface area (Å²) in [5.41, 5.74) is 1.52. The average Bonchev–Trinajstić information content (AvgIpc) is 3.12. The molecule has 25 heavy (non-hydrogen) atoms. The standard InChI is InChI=1S/C19H14N2O4/c1-20-9-8-11-10-13(19(24)25-2)14-15(16(11)20)18(23)21(17(14)22)12-6-4-3-5-7-12/h3-10H,1-2H3. The van der Waals surface area contributed by atoms with Gasteiger partial charge in [0.05, 0.1) is 35.0 Å². The van der Waals surface area contributed by atoms with E-state index in [-0.39, 0.29) is 16.7 Å². The number of esters is 1. The third-order valence-electron chi connectivity index (χ3n) is 4.41. The second-order valence-corrected chi connectivity index (χ2v) is 5.81. The van der Waals surface area contributed by atoms with E-state index >= 15 is 0 Å². The highest BCUT2D eigenvalue weighted by Gasteiger charge is 2.42. The molecule has 0 saturated carbocycles. The number of benzene rings is 2. The van der Waals surface area contributed by atoms with Gasteiger partial charge in [0.25, 0.3) is 11.8 Å². The van der Waals surface area contributed by atoms with Crippen molar-refractivity contribution in [1.82, 2.24) is 4.57 Å². The van der Waals surface area contributed by atoms with E-state index in [9.17, 15) is 14.4 Å². The molecule has 0 bridgehead atoms. The zero-order valence-electron chi connectivity index (χ0n) is 13.6. The molecule has 6 heteroatoms. The van der Waals surface area contributed by atoms with Crippen LogP contribution in [0.1, 0.15) is 31.1 Å². The van der Waals surface area contributed by atoms with Crippen molar-refractivity contribution in [3.63, 3.8) is 0 Å². The van der Waals surface area contributed by atoms with E-state index in [1.165, 1.54) is 7.11 Å². The number of methoxy groups -OCH3 is 1. The summed E-state index contributed by atoms with van der Waals surface area (Å²) in [6.45, 7) is 0. The first-order chi connectivity index (χ1) is 12.0. The van der Waals surface area contributed by atoms with Crippen LogP contribution in [0, 0.1) is 0 Å². The number of nitrogens with zero attached hydrogens (tertiary/aromatic N) is 2. The van der Waals surface area contributed by atoms with Crippen molar-refractivity contribution in [3.8, 4) is 0 Å². The van der Waals surface area contributed by atoms with E-state index in [1.54, 1.807) is 60.3 Å². The molecule has 2 aromatic carbocycles. The minimum atomic E-state index is -0.641. The summed E-state index contributed by atoms with van der Waals surface area (Å²) >= 11 is 0. The first-order valence-corrected chi connectivity index (χ1v) is 7.68. The summed E-state index contributed by atoms with van der Waals surface area (Å²) in [5, 5.41) is 0.706. The predicted octanol–water partition coefficient (Wildman–Crippen LogP) is 2.77. The van der Waals surface area contributed by atoms with Crippen molar-refractivity contribution >= 4 is 34.4 Å². The van der Waals surface area contributed by atoms with Crippen molar-refractivity contribution in [2.45, 2.75) is 0 Å². The van der Waals surface area contributed by atoms with E-state index in [0.717, 1.165) is 4.90 Å². The molecule has 0 aliphatic carbocycles. The molecule has 1 aliphatic rings. The van der Waals surface area contributed by atoms with Crippen LogP contribution in [-0.2, 0) is 11.8 Å². The number of aromatic nitrogens is 1. The molecule has 0 spiro atoms. The predicted molar refractivity (Wildman–Crippen MR) is 91.8 cm³/mol. The van der Waals surface area contributed by atoms with Crippen LogP contribution in [0.4, 0.5) is 5.69 Å². The summed E-state index contributed by atoms with van der Waals surface area (Å²) in [4.78, 5) is 39.4. The lowest BCUT2D eigenvalue weighted by Gasteiger charge is -2.13. The number of hydrogen-bond donors (Lipinski definition) is 0. The number of aryl methyl sites for hydroxylation is 1. The van der Waals surface area contributed by atoms with Crippen LogP contribution in [0.2, 0.25) is 0 Å². The Hall–Kier alpha value is -3.41. The van der Waals surface area contributed by atoms with Gasteiger partial charge >= 0.3 is 5.97 Å². The number of ether oxygens (including phenoxy) is 1. The van der Waals surface area contributed by atoms with Gasteiger partial charge in [-0.05, 0) is 24.3 Å². The molecule has 0 radical (unpaired) electrons. The molecule has 0 fully saturated rings. The molecule has 4 rings (SSSR count). The van der Waals surface area contributed by atoms with E-state index in [4.69, 9.17) is 4.74 Å². The molecule has 124 valence electrons. The number of carbonyl (C=O) groups excluding carboxylic acids is 3. The fraction of sp³-hybridized carbons (Fsp3) is 0.105. The third-order valence-corrected chi connectivity index (χ3v) is 4.41. The fourth-order valence-corrected chi connectivity index (χ4v) is 3.30. The van der Waals surface area contributed by atoms with Crippen LogP contribution in [-0.4, -0.2) is 29.5 Å². The SMILES string of the molecule is COC(=O)c1cc2ccn(C)c2c2c1C(=O)N(c1ccccc1)C2=O. The van der Waals surface area contributed by atoms with E-state index < -0.39 is 17.8 Å². The lowest BCUT2D eigenvalue weighted by Crippen LogP contribution is -2.29. The number of carbonyl (C=O) groups is 3. The third kappa shape index (κ3) is 2.00. The number of amides is 2. The van der Waals surface area contributed by atoms with E-state index in [2.05, 4.69) is 0 Å². The van der Waals surface area contributed by atoms with Crippen LogP contribution in [0.5, 0.6) is 0 Å². The first kappa shape index (κ1) is 15.1. The Morgan fingerprint density at radius 1 is 1.00 bits per heavy atom. The van der Waals surface area contributed by atoms with Gasteiger partial charge in [0.1, 0.15) is 0 Å². The topological polar surface area (TPSA) is 68.6 Å². The second kappa shape index (κ2) is 5.31. The van der Waals surface area contributed by atoms with Crippen molar-refractivity contribution in [2.24, 2.45) is 7.05 Å². The molecule has 6 nitrogen and oxygen atoms in total. The van der Waals surface area contributed by atoms with Gasteiger partial charge in [-0.25, -0.2) is 9.69 Å². The zero-order valence-corrected chi connectivity index (χ0v) is 13.6. The summed E-state index contributed by atoms with van der Waals surface area (Å²) in [6.07, 6.45) is 1.79. The smallest absolute Gasteiger partial charge is 0.338 e. The maximum atomic E-state index is 13.1. The number of fused-ring (bicyclic) bond motifs is 3. The number of para-hydroxylation sites is 1. The highest BCUT2D eigenvalue weighted by Crippen LogP contribution is 2.36. The minimum Gasteiger partial charge on any atom is -0.465 e. The molecular formula is C19H14N2O4. The average molecular weight is 334 g/mol. The maximum Gasteiger partial charge on any atom is 0.338 e. The van der Waals surface area contributed by atoms with Gasteiger partial charge in [-0.15, -0.1) is 0 Å². The van der Waals surface area contributed by atoms with Crippen LogP contribution in [0.3, 0.4) is 0 Å². The molecule has 0 unspecified atom stereocenters. The Labute approximate surface area is 143 Å². The van der Waals surface area contributed by atoms with E-state index in [0.29, 0.717) is 16.6 Å². The first-order valence-electron chi connectivity index (χ1n) is 7.68. The Morgan fingerprint density at radius 3 is 2.36 bits per heavy atom. The lowest BCUT2D eigenvalue weighted by atomic mass is 9.99. The Balaban J connectivity index is 2.05. The van der Waals surface area contributed by atoms with Gasteiger partial charge in [-0.3, -0.25) is 9.59 Å². The number of imide groups is 1. The Bertz CT molecular complexity index is 1050. The highest BCUT2D eigenvalue weighted by molar-refractivity contribution is 6.39. The minimum absolute atomic E-state index is 0.0926. The van der Waals surface area contributed by atoms with Crippen LogP contribution in [0.15, 0.2) is 48.7 Å². The summed E-state index contributed by atoms with van der Waals surface area (Å²) in [7, 11) is 3.05. The van der Waals surface area contributed by atoms with Gasteiger partial charge in [0.15, 0.2) is 0 Å². The van der Waals surface area contributed by atoms with Gasteiger partial charge in [-0.2, -0.15) is 0 Å². The molecule has 2 heterocycles. The monoisotopic (exact) mass is 334 g/mol. The zero-order chi connectivity index (χ0) is 17.7. The van der Waals surface area contributed by atoms with Gasteiger partial charge < -0.3 is 9.30 Å². The molecule has 3 aromatic rings. The normalized spacial score (nSPS) is 13.4. The molecule has 0 N–H and O–H groups in total. The number of rotatable bonds is 2.